The van der Waals surface area contributed by atoms with Gasteiger partial charge in [0.2, 0.25) is 0 Å². The first kappa shape index (κ1) is 18.5. The first-order valence-corrected chi connectivity index (χ1v) is 8.02. The van der Waals surface area contributed by atoms with E-state index in [1.165, 1.54) is 11.1 Å². The second-order valence-electron chi connectivity index (χ2n) is 6.35. The van der Waals surface area contributed by atoms with E-state index in [2.05, 4.69) is 60.7 Å². The van der Waals surface area contributed by atoms with Crippen molar-refractivity contribution in [3.8, 4) is 0 Å². The first-order valence-electron chi connectivity index (χ1n) is 8.02. The van der Waals surface area contributed by atoms with Crippen LogP contribution in [0.5, 0.6) is 0 Å². The summed E-state index contributed by atoms with van der Waals surface area (Å²) in [5.74, 6) is 1.27. The van der Waals surface area contributed by atoms with Crippen LogP contribution in [0.2, 0.25) is 0 Å². The highest BCUT2D eigenvalue weighted by Gasteiger charge is 2.16. The quantitative estimate of drug-likeness (QED) is 0.601. The van der Waals surface area contributed by atoms with E-state index in [0.29, 0.717) is 12.5 Å². The summed E-state index contributed by atoms with van der Waals surface area (Å²) in [5, 5.41) is 6.69. The van der Waals surface area contributed by atoms with E-state index in [1.54, 1.807) is 7.11 Å². The Morgan fingerprint density at radius 2 is 1.86 bits per heavy atom. The molecule has 2 N–H and O–H groups in total. The van der Waals surface area contributed by atoms with Gasteiger partial charge in [0.15, 0.2) is 5.96 Å². The van der Waals surface area contributed by atoms with E-state index in [4.69, 9.17) is 4.74 Å². The van der Waals surface area contributed by atoms with Crippen LogP contribution in [0, 0.1) is 6.92 Å². The predicted octanol–water partition coefficient (Wildman–Crippen LogP) is 3.08. The van der Waals surface area contributed by atoms with Crippen LogP contribution in [0.1, 0.15) is 44.7 Å². The third-order valence-corrected chi connectivity index (χ3v) is 3.74. The Kier molecular flexibility index (Phi) is 7.39. The van der Waals surface area contributed by atoms with Crippen molar-refractivity contribution < 1.29 is 4.74 Å². The Hall–Kier alpha value is -1.55. The SMILES string of the molecule is CCNC(=NCC(C)(C)OC)NCC(C)c1ccc(C)cc1. The second-order valence-corrected chi connectivity index (χ2v) is 6.35. The summed E-state index contributed by atoms with van der Waals surface area (Å²) in [6.07, 6.45) is 0. The van der Waals surface area contributed by atoms with Gasteiger partial charge in [-0.25, -0.2) is 0 Å². The molecular weight excluding hydrogens is 274 g/mol. The summed E-state index contributed by atoms with van der Waals surface area (Å²) < 4.78 is 5.41. The predicted molar refractivity (Wildman–Crippen MR) is 94.7 cm³/mol. The zero-order chi connectivity index (χ0) is 16.6. The van der Waals surface area contributed by atoms with Crippen LogP contribution in [0.15, 0.2) is 29.3 Å². The minimum Gasteiger partial charge on any atom is -0.377 e. The summed E-state index contributed by atoms with van der Waals surface area (Å²) in [5.41, 5.74) is 2.39. The van der Waals surface area contributed by atoms with Gasteiger partial charge < -0.3 is 15.4 Å². The largest absolute Gasteiger partial charge is 0.377 e. The van der Waals surface area contributed by atoms with Gasteiger partial charge in [-0.15, -0.1) is 0 Å². The van der Waals surface area contributed by atoms with Crippen molar-refractivity contribution in [1.29, 1.82) is 0 Å². The molecule has 124 valence electrons. The Morgan fingerprint density at radius 1 is 1.23 bits per heavy atom. The van der Waals surface area contributed by atoms with E-state index >= 15 is 0 Å². The maximum atomic E-state index is 5.41. The van der Waals surface area contributed by atoms with Gasteiger partial charge in [0, 0.05) is 20.2 Å². The van der Waals surface area contributed by atoms with Gasteiger partial charge in [-0.3, -0.25) is 4.99 Å². The summed E-state index contributed by atoms with van der Waals surface area (Å²) in [6.45, 7) is 12.8. The molecule has 1 rings (SSSR count). The van der Waals surface area contributed by atoms with E-state index in [-0.39, 0.29) is 5.60 Å². The molecule has 0 aliphatic heterocycles. The van der Waals surface area contributed by atoms with Crippen molar-refractivity contribution in [2.24, 2.45) is 4.99 Å². The van der Waals surface area contributed by atoms with Gasteiger partial charge >= 0.3 is 0 Å². The molecule has 0 saturated carbocycles. The highest BCUT2D eigenvalue weighted by Crippen LogP contribution is 2.14. The van der Waals surface area contributed by atoms with Crippen LogP contribution in [-0.4, -0.2) is 38.3 Å². The van der Waals surface area contributed by atoms with Crippen molar-refractivity contribution >= 4 is 5.96 Å². The lowest BCUT2D eigenvalue weighted by Gasteiger charge is -2.22. The highest BCUT2D eigenvalue weighted by molar-refractivity contribution is 5.79. The van der Waals surface area contributed by atoms with Crippen LogP contribution in [-0.2, 0) is 4.74 Å². The van der Waals surface area contributed by atoms with Crippen LogP contribution in [0.4, 0.5) is 0 Å². The molecule has 0 spiro atoms. The number of ether oxygens (including phenoxy) is 1. The molecular formula is C18H31N3O. The number of guanidine groups is 1. The van der Waals surface area contributed by atoms with Crippen LogP contribution in [0.25, 0.3) is 0 Å². The van der Waals surface area contributed by atoms with E-state index in [0.717, 1.165) is 19.0 Å². The fourth-order valence-electron chi connectivity index (χ4n) is 1.94. The molecule has 0 fully saturated rings. The molecule has 1 aromatic rings. The van der Waals surface area contributed by atoms with Crippen molar-refractivity contribution in [2.75, 3.05) is 26.7 Å². The lowest BCUT2D eigenvalue weighted by Crippen LogP contribution is -2.40. The number of nitrogens with zero attached hydrogens (tertiary/aromatic N) is 1. The molecule has 0 aromatic heterocycles. The molecule has 0 bridgehead atoms. The van der Waals surface area contributed by atoms with Gasteiger partial charge in [0.1, 0.15) is 0 Å². The molecule has 0 radical (unpaired) electrons. The van der Waals surface area contributed by atoms with Gasteiger partial charge in [-0.1, -0.05) is 36.8 Å². The summed E-state index contributed by atoms with van der Waals surface area (Å²) in [4.78, 5) is 4.61. The van der Waals surface area contributed by atoms with E-state index in [1.807, 2.05) is 13.8 Å². The van der Waals surface area contributed by atoms with Crippen molar-refractivity contribution in [3.05, 3.63) is 35.4 Å². The number of nitrogens with one attached hydrogen (secondary N) is 2. The Labute approximate surface area is 135 Å². The fourth-order valence-corrected chi connectivity index (χ4v) is 1.94. The average molecular weight is 305 g/mol. The minimum absolute atomic E-state index is 0.245. The van der Waals surface area contributed by atoms with Crippen LogP contribution in [0.3, 0.4) is 0 Å². The molecule has 1 unspecified atom stereocenters. The lowest BCUT2D eigenvalue weighted by molar-refractivity contribution is 0.0310. The van der Waals surface area contributed by atoms with Crippen LogP contribution < -0.4 is 10.6 Å². The summed E-state index contributed by atoms with van der Waals surface area (Å²) >= 11 is 0. The number of aliphatic imine (C=N–C) groups is 1. The van der Waals surface area contributed by atoms with E-state index in [9.17, 15) is 0 Å². The fraction of sp³-hybridized carbons (Fsp3) is 0.611. The number of hydrogen-bond donors (Lipinski definition) is 2. The molecule has 0 saturated heterocycles. The number of methoxy groups -OCH3 is 1. The molecule has 4 nitrogen and oxygen atoms in total. The van der Waals surface area contributed by atoms with Gasteiger partial charge in [-0.05, 0) is 39.2 Å². The second kappa shape index (κ2) is 8.79. The monoisotopic (exact) mass is 305 g/mol. The Morgan fingerprint density at radius 3 is 2.41 bits per heavy atom. The smallest absolute Gasteiger partial charge is 0.191 e. The van der Waals surface area contributed by atoms with Crippen molar-refractivity contribution in [1.82, 2.24) is 10.6 Å². The standard InChI is InChI=1S/C18H31N3O/c1-7-19-17(21-13-18(4,5)22-6)20-12-15(3)16-10-8-14(2)9-11-16/h8-11,15H,7,12-13H2,1-6H3,(H2,19,20,21). The van der Waals surface area contributed by atoms with Crippen molar-refractivity contribution in [2.45, 2.75) is 46.1 Å². The maximum absolute atomic E-state index is 5.41. The zero-order valence-corrected chi connectivity index (χ0v) is 14.9. The average Bonchev–Trinajstić information content (AvgIpc) is 2.50. The maximum Gasteiger partial charge on any atom is 0.191 e. The van der Waals surface area contributed by atoms with Gasteiger partial charge in [0.05, 0.1) is 12.1 Å². The molecule has 0 aliphatic rings. The van der Waals surface area contributed by atoms with Crippen LogP contribution >= 0.6 is 0 Å². The third-order valence-electron chi connectivity index (χ3n) is 3.74. The number of benzene rings is 1. The van der Waals surface area contributed by atoms with Crippen molar-refractivity contribution in [3.63, 3.8) is 0 Å². The third kappa shape index (κ3) is 6.48. The lowest BCUT2D eigenvalue weighted by atomic mass is 10.0. The normalized spacial score (nSPS) is 13.8. The zero-order valence-electron chi connectivity index (χ0n) is 14.9. The molecule has 0 aliphatic carbocycles. The van der Waals surface area contributed by atoms with E-state index < -0.39 is 0 Å². The number of rotatable bonds is 7. The Bertz CT molecular complexity index is 466. The molecule has 1 aromatic carbocycles. The summed E-state index contributed by atoms with van der Waals surface area (Å²) in [7, 11) is 1.72. The van der Waals surface area contributed by atoms with Gasteiger partial charge in [-0.2, -0.15) is 0 Å². The highest BCUT2D eigenvalue weighted by atomic mass is 16.5. The summed E-state index contributed by atoms with van der Waals surface area (Å²) in [6, 6.07) is 8.71. The minimum atomic E-state index is -0.245. The molecule has 0 heterocycles. The number of hydrogen-bond acceptors (Lipinski definition) is 2. The molecule has 0 amide bonds. The molecule has 1 atom stereocenters. The topological polar surface area (TPSA) is 45.7 Å². The molecule has 4 heteroatoms. The van der Waals surface area contributed by atoms with Gasteiger partial charge in [0.25, 0.3) is 0 Å². The Balaban J connectivity index is 2.59. The number of aryl methyl sites for hydroxylation is 1. The first-order chi connectivity index (χ1) is 10.4. The molecule has 22 heavy (non-hydrogen) atoms.